The van der Waals surface area contributed by atoms with Gasteiger partial charge in [-0.15, -0.1) is 0 Å². The quantitative estimate of drug-likeness (QED) is 0.454. The number of furan rings is 1. The highest BCUT2D eigenvalue weighted by atomic mass is 19.1. The molecule has 2 aromatic carbocycles. The first-order valence-electron chi connectivity index (χ1n) is 9.69. The fourth-order valence-electron chi connectivity index (χ4n) is 3.45. The third kappa shape index (κ3) is 2.28. The molecule has 26 heavy (non-hydrogen) atoms. The number of hydrogen-bond acceptors (Lipinski definition) is 2. The second-order valence-electron chi connectivity index (χ2n) is 6.51. The fraction of sp³-hybridized carbons (Fsp3) is 0.182. The van der Waals surface area contributed by atoms with Gasteiger partial charge in [-0.05, 0) is 49.2 Å². The molecule has 0 aliphatic carbocycles. The van der Waals surface area contributed by atoms with Crippen LogP contribution in [-0.2, 0) is 7.05 Å². The monoisotopic (exact) mass is 348 g/mol. The van der Waals surface area contributed by atoms with Crippen molar-refractivity contribution in [1.82, 2.24) is 0 Å². The number of hydrogen-bond donors (Lipinski definition) is 0. The van der Waals surface area contributed by atoms with Crippen LogP contribution in [0.4, 0.5) is 4.39 Å². The summed E-state index contributed by atoms with van der Waals surface area (Å²) in [5.74, 6) is -0.420. The Morgan fingerprint density at radius 3 is 2.73 bits per heavy atom. The van der Waals surface area contributed by atoms with Gasteiger partial charge in [0, 0.05) is 28.6 Å². The van der Waals surface area contributed by atoms with Crippen molar-refractivity contribution in [3.8, 4) is 17.3 Å². The minimum Gasteiger partial charge on any atom is -0.455 e. The van der Waals surface area contributed by atoms with E-state index in [0.29, 0.717) is 44.3 Å². The normalized spacial score (nSPS) is 13.4. The number of rotatable bonds is 1. The molecule has 128 valence electrons. The molecule has 0 radical (unpaired) electrons. The van der Waals surface area contributed by atoms with E-state index < -0.39 is 12.7 Å². The molecule has 2 heterocycles. The van der Waals surface area contributed by atoms with E-state index in [1.165, 1.54) is 6.07 Å². The van der Waals surface area contributed by atoms with Crippen molar-refractivity contribution < 1.29 is 17.5 Å². The molecular weight excluding hydrogens is 327 g/mol. The van der Waals surface area contributed by atoms with Gasteiger partial charge in [-0.1, -0.05) is 0 Å². The molecule has 0 aliphatic heterocycles. The Kier molecular flexibility index (Phi) is 2.85. The molecule has 0 fully saturated rings. The third-order valence-electron chi connectivity index (χ3n) is 4.83. The predicted octanol–water partition coefficient (Wildman–Crippen LogP) is 5.01. The predicted molar refractivity (Wildman–Crippen MR) is 99.2 cm³/mol. The molecule has 0 atom stereocenters. The van der Waals surface area contributed by atoms with Gasteiger partial charge < -0.3 is 4.42 Å². The van der Waals surface area contributed by atoms with E-state index >= 15 is 0 Å². The van der Waals surface area contributed by atoms with Crippen LogP contribution in [0.2, 0.25) is 0 Å². The Balaban J connectivity index is 2.15. The molecule has 0 aliphatic rings. The lowest BCUT2D eigenvalue weighted by atomic mass is 9.98. The Hall–Kier alpha value is -3.19. The number of fused-ring (bicyclic) bond motifs is 3. The molecule has 0 N–H and O–H groups in total. The van der Waals surface area contributed by atoms with Crippen molar-refractivity contribution >= 4 is 21.9 Å². The topological polar surface area (TPSA) is 40.8 Å². The first kappa shape index (κ1) is 13.1. The van der Waals surface area contributed by atoms with Crippen LogP contribution in [-0.4, -0.2) is 0 Å². The summed E-state index contributed by atoms with van der Waals surface area (Å²) in [4.78, 5) is 0. The largest absolute Gasteiger partial charge is 0.455 e. The van der Waals surface area contributed by atoms with E-state index in [4.69, 9.17) is 13.8 Å². The number of pyridine rings is 1. The van der Waals surface area contributed by atoms with Crippen LogP contribution >= 0.6 is 0 Å². The van der Waals surface area contributed by atoms with Crippen LogP contribution in [0, 0.1) is 37.8 Å². The van der Waals surface area contributed by atoms with Crippen LogP contribution in [0.5, 0.6) is 0 Å². The first-order chi connectivity index (χ1) is 13.6. The second-order valence-corrected chi connectivity index (χ2v) is 6.51. The highest BCUT2D eigenvalue weighted by Gasteiger charge is 2.24. The van der Waals surface area contributed by atoms with Gasteiger partial charge in [-0.3, -0.25) is 0 Å². The van der Waals surface area contributed by atoms with Crippen molar-refractivity contribution in [3.05, 3.63) is 64.6 Å². The van der Waals surface area contributed by atoms with E-state index in [1.807, 2.05) is 18.5 Å². The lowest BCUT2D eigenvalue weighted by molar-refractivity contribution is -0.666. The molecule has 4 rings (SSSR count). The smallest absolute Gasteiger partial charge is 0.216 e. The Labute approximate surface area is 155 Å². The summed E-state index contributed by atoms with van der Waals surface area (Å²) in [6.07, 6.45) is 0. The molecular formula is C22H18FN2O+. The zero-order valence-electron chi connectivity index (χ0n) is 17.6. The molecule has 0 amide bonds. The summed E-state index contributed by atoms with van der Waals surface area (Å²) in [5, 5.41) is 10.0. The van der Waals surface area contributed by atoms with Crippen LogP contribution in [0.25, 0.3) is 33.2 Å². The number of aromatic nitrogens is 1. The highest BCUT2D eigenvalue weighted by Crippen LogP contribution is 2.39. The van der Waals surface area contributed by atoms with Crippen molar-refractivity contribution in [2.24, 2.45) is 7.05 Å². The second kappa shape index (κ2) is 5.67. The fourth-order valence-corrected chi connectivity index (χ4v) is 3.45. The van der Waals surface area contributed by atoms with Crippen molar-refractivity contribution in [3.63, 3.8) is 0 Å². The lowest BCUT2D eigenvalue weighted by Gasteiger charge is -2.08. The van der Waals surface area contributed by atoms with Crippen molar-refractivity contribution in [2.75, 3.05) is 0 Å². The van der Waals surface area contributed by atoms with E-state index in [-0.39, 0.29) is 5.56 Å². The minimum atomic E-state index is -2.27. The van der Waals surface area contributed by atoms with Gasteiger partial charge in [-0.25, -0.2) is 4.39 Å². The standard InChI is InChI=1S/C22H18FN2O/c1-12-7-14(3)25(4)18(8-12)20-13(2)9-17(23)21-16-6-5-15(11-24)10-19(16)26-22(20)21/h5-10H,1-4H3/q+1/i1D3. The Morgan fingerprint density at radius 2 is 2.00 bits per heavy atom. The average Bonchev–Trinajstić information content (AvgIpc) is 3.02. The van der Waals surface area contributed by atoms with E-state index in [2.05, 4.69) is 6.07 Å². The Bertz CT molecular complexity index is 1350. The summed E-state index contributed by atoms with van der Waals surface area (Å²) >= 11 is 0. The number of halogens is 1. The van der Waals surface area contributed by atoms with E-state index in [0.717, 1.165) is 5.69 Å². The maximum atomic E-state index is 14.9. The zero-order chi connectivity index (χ0) is 21.1. The van der Waals surface area contributed by atoms with E-state index in [9.17, 15) is 4.39 Å². The minimum absolute atomic E-state index is 0.211. The lowest BCUT2D eigenvalue weighted by Crippen LogP contribution is -2.35. The van der Waals surface area contributed by atoms with E-state index in [1.54, 1.807) is 37.3 Å². The van der Waals surface area contributed by atoms with Crippen LogP contribution in [0.3, 0.4) is 0 Å². The van der Waals surface area contributed by atoms with Gasteiger partial charge in [0.15, 0.2) is 11.3 Å². The van der Waals surface area contributed by atoms with Gasteiger partial charge in [0.25, 0.3) is 0 Å². The summed E-state index contributed by atoms with van der Waals surface area (Å²) in [5.41, 5.74) is 4.02. The van der Waals surface area contributed by atoms with Crippen molar-refractivity contribution in [2.45, 2.75) is 20.7 Å². The van der Waals surface area contributed by atoms with Gasteiger partial charge in [0.05, 0.1) is 22.6 Å². The molecule has 4 heteroatoms. The third-order valence-corrected chi connectivity index (χ3v) is 4.83. The molecule has 0 saturated heterocycles. The van der Waals surface area contributed by atoms with Crippen molar-refractivity contribution in [1.29, 1.82) is 5.26 Å². The average molecular weight is 348 g/mol. The zero-order valence-corrected chi connectivity index (χ0v) is 14.6. The summed E-state index contributed by atoms with van der Waals surface area (Å²) in [7, 11) is 1.83. The molecule has 4 aromatic rings. The SMILES string of the molecule is [2H]C([2H])([2H])c1cc(C)[n+](C)c(-c2c(C)cc(F)c3c2oc2cc(C#N)ccc23)c1. The molecule has 0 saturated carbocycles. The van der Waals surface area contributed by atoms with Crippen LogP contribution in [0.1, 0.15) is 26.5 Å². The number of aryl methyl sites for hydroxylation is 3. The maximum absolute atomic E-state index is 14.9. The van der Waals surface area contributed by atoms with Crippen LogP contribution < -0.4 is 4.57 Å². The number of benzene rings is 2. The van der Waals surface area contributed by atoms with Gasteiger partial charge in [0.2, 0.25) is 5.69 Å². The Morgan fingerprint density at radius 1 is 1.19 bits per heavy atom. The molecule has 3 nitrogen and oxygen atoms in total. The molecule has 0 unspecified atom stereocenters. The van der Waals surface area contributed by atoms with Gasteiger partial charge in [-0.2, -0.15) is 9.83 Å². The maximum Gasteiger partial charge on any atom is 0.216 e. The number of nitriles is 1. The highest BCUT2D eigenvalue weighted by molar-refractivity contribution is 6.10. The van der Waals surface area contributed by atoms with Crippen LogP contribution in [0.15, 0.2) is 40.8 Å². The molecule has 0 spiro atoms. The first-order valence-corrected chi connectivity index (χ1v) is 8.19. The summed E-state index contributed by atoms with van der Waals surface area (Å²) in [6.45, 7) is 1.33. The van der Waals surface area contributed by atoms with Gasteiger partial charge in [0.1, 0.15) is 18.4 Å². The molecule has 0 bridgehead atoms. The molecule has 2 aromatic heterocycles. The summed E-state index contributed by atoms with van der Waals surface area (Å²) in [6, 6.07) is 11.6. The number of nitrogens with zero attached hydrogens (tertiary/aromatic N) is 2. The summed E-state index contributed by atoms with van der Waals surface area (Å²) < 4.78 is 46.2. The van der Waals surface area contributed by atoms with Gasteiger partial charge >= 0.3 is 0 Å².